The number of nitrogens with zero attached hydrogens (tertiary/aromatic N) is 2. The van der Waals surface area contributed by atoms with Crippen molar-refractivity contribution in [2.24, 2.45) is 0 Å². The highest BCUT2D eigenvalue weighted by Crippen LogP contribution is 2.20. The van der Waals surface area contributed by atoms with Gasteiger partial charge in [-0.25, -0.2) is 9.97 Å². The Labute approximate surface area is 120 Å². The van der Waals surface area contributed by atoms with E-state index in [4.69, 9.17) is 27.9 Å². The zero-order valence-electron chi connectivity index (χ0n) is 10.1. The Morgan fingerprint density at radius 1 is 1.16 bits per heavy atom. The highest BCUT2D eigenvalue weighted by atomic mass is 35.5. The first-order valence-electron chi connectivity index (χ1n) is 5.42. The zero-order chi connectivity index (χ0) is 13.8. The molecule has 0 aliphatic rings. The number of carbonyl (C=O) groups excluding carboxylic acids is 1. The lowest BCUT2D eigenvalue weighted by Gasteiger charge is -2.04. The van der Waals surface area contributed by atoms with E-state index in [0.717, 1.165) is 0 Å². The fourth-order valence-electron chi connectivity index (χ4n) is 1.57. The molecular formula is C13H10Cl2N2O2. The van der Waals surface area contributed by atoms with Crippen molar-refractivity contribution in [2.75, 3.05) is 7.11 Å². The normalized spacial score (nSPS) is 10.3. The molecule has 1 aromatic carbocycles. The Morgan fingerprint density at radius 3 is 2.47 bits per heavy atom. The van der Waals surface area contributed by atoms with Crippen LogP contribution in [0.5, 0.6) is 5.88 Å². The minimum absolute atomic E-state index is 0.120. The van der Waals surface area contributed by atoms with Gasteiger partial charge in [0.2, 0.25) is 5.88 Å². The van der Waals surface area contributed by atoms with Gasteiger partial charge in [0.1, 0.15) is 6.33 Å². The molecule has 98 valence electrons. The molecule has 2 aromatic rings. The van der Waals surface area contributed by atoms with Crippen molar-refractivity contribution in [1.29, 1.82) is 0 Å². The number of Topliss-reactive ketones (excluding diaryl/α,β-unsaturated/α-hetero) is 1. The Balaban J connectivity index is 2.20. The van der Waals surface area contributed by atoms with E-state index >= 15 is 0 Å². The Bertz CT molecular complexity index is 597. The molecular weight excluding hydrogens is 287 g/mol. The van der Waals surface area contributed by atoms with Gasteiger partial charge < -0.3 is 4.74 Å². The first-order chi connectivity index (χ1) is 9.08. The number of ketones is 1. The fourth-order valence-corrected chi connectivity index (χ4v) is 2.09. The molecule has 0 atom stereocenters. The van der Waals surface area contributed by atoms with Crippen LogP contribution < -0.4 is 4.74 Å². The highest BCUT2D eigenvalue weighted by molar-refractivity contribution is 6.35. The van der Waals surface area contributed by atoms with Crippen LogP contribution in [0, 0.1) is 0 Å². The van der Waals surface area contributed by atoms with Crippen LogP contribution in [-0.2, 0) is 6.42 Å². The Morgan fingerprint density at radius 2 is 1.84 bits per heavy atom. The predicted molar refractivity (Wildman–Crippen MR) is 73.1 cm³/mol. The summed E-state index contributed by atoms with van der Waals surface area (Å²) in [4.78, 5) is 20.0. The van der Waals surface area contributed by atoms with E-state index in [-0.39, 0.29) is 12.2 Å². The molecule has 1 heterocycles. The van der Waals surface area contributed by atoms with Gasteiger partial charge in [-0.15, -0.1) is 0 Å². The van der Waals surface area contributed by atoms with Crippen molar-refractivity contribution in [1.82, 2.24) is 9.97 Å². The second-order valence-electron chi connectivity index (χ2n) is 3.81. The summed E-state index contributed by atoms with van der Waals surface area (Å²) in [7, 11) is 1.50. The minimum atomic E-state index is -0.120. The van der Waals surface area contributed by atoms with Crippen LogP contribution in [0.3, 0.4) is 0 Å². The molecule has 0 unspecified atom stereocenters. The van der Waals surface area contributed by atoms with Gasteiger partial charge in [-0.1, -0.05) is 23.2 Å². The Kier molecular flexibility index (Phi) is 4.35. The van der Waals surface area contributed by atoms with Gasteiger partial charge in [0.25, 0.3) is 0 Å². The van der Waals surface area contributed by atoms with Crippen LogP contribution in [0.25, 0.3) is 0 Å². The van der Waals surface area contributed by atoms with Gasteiger partial charge >= 0.3 is 0 Å². The highest BCUT2D eigenvalue weighted by Gasteiger charge is 2.11. The number of benzene rings is 1. The second kappa shape index (κ2) is 5.99. The quantitative estimate of drug-likeness (QED) is 0.813. The summed E-state index contributed by atoms with van der Waals surface area (Å²) in [5.74, 6) is 0.298. The first-order valence-corrected chi connectivity index (χ1v) is 6.18. The third-order valence-electron chi connectivity index (χ3n) is 2.43. The van der Waals surface area contributed by atoms with Gasteiger partial charge in [0, 0.05) is 21.7 Å². The molecule has 0 bridgehead atoms. The zero-order valence-corrected chi connectivity index (χ0v) is 11.6. The lowest BCUT2D eigenvalue weighted by Crippen LogP contribution is -2.06. The maximum Gasteiger partial charge on any atom is 0.216 e. The summed E-state index contributed by atoms with van der Waals surface area (Å²) in [6.45, 7) is 0. The smallest absolute Gasteiger partial charge is 0.216 e. The molecule has 19 heavy (non-hydrogen) atoms. The average Bonchev–Trinajstić information content (AvgIpc) is 2.37. The van der Waals surface area contributed by atoms with Gasteiger partial charge in [0.15, 0.2) is 5.78 Å². The van der Waals surface area contributed by atoms with Gasteiger partial charge in [-0.2, -0.15) is 0 Å². The van der Waals surface area contributed by atoms with Gasteiger partial charge in [-0.05, 0) is 18.2 Å². The van der Waals surface area contributed by atoms with Gasteiger partial charge in [0.05, 0.1) is 19.2 Å². The lowest BCUT2D eigenvalue weighted by atomic mass is 10.1. The summed E-state index contributed by atoms with van der Waals surface area (Å²) in [6, 6.07) is 6.35. The number of carbonyl (C=O) groups is 1. The molecule has 0 aliphatic heterocycles. The molecule has 0 aliphatic carbocycles. The summed E-state index contributed by atoms with van der Waals surface area (Å²) < 4.78 is 4.98. The molecule has 2 rings (SSSR count). The number of hydrogen-bond acceptors (Lipinski definition) is 4. The lowest BCUT2D eigenvalue weighted by molar-refractivity contribution is 0.0992. The fraction of sp³-hybridized carbons (Fsp3) is 0.154. The third-order valence-corrected chi connectivity index (χ3v) is 2.87. The number of ether oxygens (including phenoxy) is 1. The number of halogens is 2. The van der Waals surface area contributed by atoms with E-state index in [9.17, 15) is 4.79 Å². The van der Waals surface area contributed by atoms with Crippen molar-refractivity contribution in [3.05, 3.63) is 51.9 Å². The van der Waals surface area contributed by atoms with E-state index in [1.807, 2.05) is 0 Å². The number of aromatic nitrogens is 2. The van der Waals surface area contributed by atoms with Crippen LogP contribution in [0.1, 0.15) is 16.1 Å². The van der Waals surface area contributed by atoms with Crippen LogP contribution >= 0.6 is 23.2 Å². The van der Waals surface area contributed by atoms with Crippen LogP contribution in [-0.4, -0.2) is 22.9 Å². The SMILES string of the molecule is COc1cc(CC(=O)c2cc(Cl)cc(Cl)c2)ncn1. The minimum Gasteiger partial charge on any atom is -0.481 e. The topological polar surface area (TPSA) is 52.1 Å². The van der Waals surface area contributed by atoms with E-state index < -0.39 is 0 Å². The Hall–Kier alpha value is -1.65. The van der Waals surface area contributed by atoms with Gasteiger partial charge in [-0.3, -0.25) is 4.79 Å². The van der Waals surface area contributed by atoms with E-state index in [0.29, 0.717) is 27.2 Å². The summed E-state index contributed by atoms with van der Waals surface area (Å²) in [6.07, 6.45) is 1.49. The maximum atomic E-state index is 12.1. The van der Waals surface area contributed by atoms with Crippen molar-refractivity contribution < 1.29 is 9.53 Å². The molecule has 1 aromatic heterocycles. The monoisotopic (exact) mass is 296 g/mol. The molecule has 6 heteroatoms. The summed E-state index contributed by atoms with van der Waals surface area (Å²) in [5, 5.41) is 0.854. The number of hydrogen-bond donors (Lipinski definition) is 0. The van der Waals surface area contributed by atoms with Crippen LogP contribution in [0.4, 0.5) is 0 Å². The number of methoxy groups -OCH3 is 1. The van der Waals surface area contributed by atoms with E-state index in [1.54, 1.807) is 24.3 Å². The molecule has 0 saturated heterocycles. The van der Waals surface area contributed by atoms with E-state index in [2.05, 4.69) is 9.97 Å². The van der Waals surface area contributed by atoms with Crippen LogP contribution in [0.15, 0.2) is 30.6 Å². The summed E-state index contributed by atoms with van der Waals surface area (Å²) in [5.41, 5.74) is 1.03. The van der Waals surface area contributed by atoms with Crippen molar-refractivity contribution in [2.45, 2.75) is 6.42 Å². The average molecular weight is 297 g/mol. The standard InChI is InChI=1S/C13H10Cl2N2O2/c1-19-13-6-11(16-7-17-13)5-12(18)8-2-9(14)4-10(15)3-8/h2-4,6-7H,5H2,1H3. The first kappa shape index (κ1) is 13.8. The van der Waals surface area contributed by atoms with Crippen LogP contribution in [0.2, 0.25) is 10.0 Å². The summed E-state index contributed by atoms with van der Waals surface area (Å²) >= 11 is 11.7. The van der Waals surface area contributed by atoms with Crippen molar-refractivity contribution in [3.63, 3.8) is 0 Å². The van der Waals surface area contributed by atoms with E-state index in [1.165, 1.54) is 13.4 Å². The molecule has 0 amide bonds. The molecule has 0 saturated carbocycles. The molecule has 0 radical (unpaired) electrons. The predicted octanol–water partition coefficient (Wildman–Crippen LogP) is 3.22. The largest absolute Gasteiger partial charge is 0.481 e. The number of rotatable bonds is 4. The molecule has 4 nitrogen and oxygen atoms in total. The maximum absolute atomic E-state index is 12.1. The van der Waals surface area contributed by atoms with Crippen molar-refractivity contribution >= 4 is 29.0 Å². The second-order valence-corrected chi connectivity index (χ2v) is 4.68. The molecule has 0 N–H and O–H groups in total. The third kappa shape index (κ3) is 3.66. The molecule has 0 spiro atoms. The van der Waals surface area contributed by atoms with Crippen molar-refractivity contribution in [3.8, 4) is 5.88 Å². The molecule has 0 fully saturated rings.